The first-order valence-electron chi connectivity index (χ1n) is 1.23. The van der Waals surface area contributed by atoms with Gasteiger partial charge in [0.2, 0.25) is 0 Å². The van der Waals surface area contributed by atoms with Crippen LogP contribution in [-0.4, -0.2) is 36.2 Å². The Morgan fingerprint density at radius 2 is 1.50 bits per heavy atom. The molecule has 6 heavy (non-hydrogen) atoms. The zero-order valence-electron chi connectivity index (χ0n) is 2.50. The summed E-state index contributed by atoms with van der Waals surface area (Å²) < 4.78 is 0. The second kappa shape index (κ2) is 3.39. The van der Waals surface area contributed by atoms with Crippen molar-refractivity contribution in [1.82, 2.24) is 0 Å². The topological polar surface area (TPSA) is 49.4 Å². The average molecular weight is 94.1 g/mol. The van der Waals surface area contributed by atoms with Crippen LogP contribution < -0.4 is 0 Å². The van der Waals surface area contributed by atoms with Gasteiger partial charge in [0.1, 0.15) is 0 Å². The van der Waals surface area contributed by atoms with Crippen LogP contribution in [-0.2, 0) is 0 Å². The predicted molar refractivity (Wildman–Crippen MR) is 21.7 cm³/mol. The summed E-state index contributed by atoms with van der Waals surface area (Å²) in [5, 5.41) is 13.1. The summed E-state index contributed by atoms with van der Waals surface area (Å²) in [5.74, 6) is 0. The Morgan fingerprint density at radius 1 is 1.00 bits per heavy atom. The van der Waals surface area contributed by atoms with Gasteiger partial charge in [-0.25, -0.2) is 0 Å². The molecule has 0 atom stereocenters. The van der Waals surface area contributed by atoms with Gasteiger partial charge in [0, 0.05) is 0 Å². The van der Waals surface area contributed by atoms with Crippen LogP contribution in [0.15, 0.2) is 20.7 Å². The molecule has 0 aliphatic carbocycles. The van der Waals surface area contributed by atoms with E-state index in [-0.39, 0.29) is 29.6 Å². The fraction of sp³-hybridized carbons (Fsp3) is 1.00. The van der Waals surface area contributed by atoms with Crippen LogP contribution in [0.5, 0.6) is 0 Å². The SMILES string of the molecule is C1N=NN=N1.[NaH]. The third-order valence-corrected chi connectivity index (χ3v) is 0.293. The van der Waals surface area contributed by atoms with Gasteiger partial charge in [-0.05, 0) is 10.4 Å². The van der Waals surface area contributed by atoms with Crippen LogP contribution in [0.1, 0.15) is 0 Å². The van der Waals surface area contributed by atoms with E-state index in [0.717, 1.165) is 0 Å². The molecule has 0 unspecified atom stereocenters. The van der Waals surface area contributed by atoms with Crippen molar-refractivity contribution in [3.63, 3.8) is 0 Å². The van der Waals surface area contributed by atoms with Gasteiger partial charge < -0.3 is 0 Å². The summed E-state index contributed by atoms with van der Waals surface area (Å²) in [5.41, 5.74) is 0. The van der Waals surface area contributed by atoms with Crippen molar-refractivity contribution in [3.05, 3.63) is 0 Å². The predicted octanol–water partition coefficient (Wildman–Crippen LogP) is 0.128. The first-order chi connectivity index (χ1) is 2.50. The van der Waals surface area contributed by atoms with Crippen molar-refractivity contribution in [1.29, 1.82) is 0 Å². The van der Waals surface area contributed by atoms with Crippen molar-refractivity contribution >= 4 is 29.6 Å². The fourth-order valence-electron chi connectivity index (χ4n) is 0.141. The summed E-state index contributed by atoms with van der Waals surface area (Å²) in [6.07, 6.45) is 0. The third kappa shape index (κ3) is 1.59. The quantitative estimate of drug-likeness (QED) is 0.383. The first kappa shape index (κ1) is 6.20. The minimum atomic E-state index is 0. The molecule has 1 aliphatic heterocycles. The van der Waals surface area contributed by atoms with E-state index in [1.165, 1.54) is 0 Å². The Balaban J connectivity index is 0.000000250. The van der Waals surface area contributed by atoms with E-state index < -0.39 is 0 Å². The molecular formula is CH3N4Na. The molecule has 0 N–H and O–H groups in total. The second-order valence-corrected chi connectivity index (χ2v) is 0.603. The van der Waals surface area contributed by atoms with Crippen LogP contribution >= 0.6 is 0 Å². The molecule has 4 nitrogen and oxygen atoms in total. The maximum absolute atomic E-state index is 3.38. The van der Waals surface area contributed by atoms with Crippen molar-refractivity contribution in [2.75, 3.05) is 6.67 Å². The van der Waals surface area contributed by atoms with E-state index in [1.807, 2.05) is 0 Å². The van der Waals surface area contributed by atoms with E-state index in [2.05, 4.69) is 20.7 Å². The standard InChI is InChI=1S/CH2N4.Na.H/c1-2-4-5-3-1;;/h1H2;;. The van der Waals surface area contributed by atoms with Gasteiger partial charge in [0.05, 0.1) is 0 Å². The monoisotopic (exact) mass is 94.0 g/mol. The van der Waals surface area contributed by atoms with E-state index in [9.17, 15) is 0 Å². The molecule has 28 valence electrons. The Hall–Kier alpha value is 0.200. The molecule has 0 radical (unpaired) electrons. The van der Waals surface area contributed by atoms with Crippen molar-refractivity contribution in [2.45, 2.75) is 0 Å². The van der Waals surface area contributed by atoms with Crippen LogP contribution in [0.3, 0.4) is 0 Å². The Bertz CT molecular complexity index is 65.6. The number of hydrogen-bond donors (Lipinski definition) is 0. The van der Waals surface area contributed by atoms with E-state index in [0.29, 0.717) is 6.67 Å². The molecule has 0 bridgehead atoms. The molecule has 0 saturated carbocycles. The number of nitrogens with zero attached hydrogens (tertiary/aromatic N) is 4. The van der Waals surface area contributed by atoms with Gasteiger partial charge in [0.15, 0.2) is 6.67 Å². The summed E-state index contributed by atoms with van der Waals surface area (Å²) in [6.45, 7) is 0.417. The molecule has 0 aromatic carbocycles. The molecule has 0 fully saturated rings. The summed E-state index contributed by atoms with van der Waals surface area (Å²) in [6, 6.07) is 0. The fourth-order valence-corrected chi connectivity index (χ4v) is 0.141. The molecule has 0 saturated heterocycles. The third-order valence-electron chi connectivity index (χ3n) is 0.293. The summed E-state index contributed by atoms with van der Waals surface area (Å²) in [4.78, 5) is 0. The van der Waals surface area contributed by atoms with Crippen LogP contribution in [0.4, 0.5) is 0 Å². The Kier molecular flexibility index (Phi) is 3.51. The van der Waals surface area contributed by atoms with Crippen molar-refractivity contribution in [2.24, 2.45) is 20.7 Å². The zero-order chi connectivity index (χ0) is 3.54. The van der Waals surface area contributed by atoms with Crippen LogP contribution in [0, 0.1) is 0 Å². The van der Waals surface area contributed by atoms with E-state index in [1.54, 1.807) is 0 Å². The van der Waals surface area contributed by atoms with Gasteiger partial charge in [-0.15, -0.1) is 10.2 Å². The molecule has 0 amide bonds. The molecule has 1 aliphatic rings. The van der Waals surface area contributed by atoms with Crippen molar-refractivity contribution < 1.29 is 0 Å². The van der Waals surface area contributed by atoms with Gasteiger partial charge in [0.25, 0.3) is 0 Å². The number of rotatable bonds is 0. The zero-order valence-corrected chi connectivity index (χ0v) is 2.50. The molecular weight excluding hydrogens is 91.0 g/mol. The van der Waals surface area contributed by atoms with E-state index >= 15 is 0 Å². The van der Waals surface area contributed by atoms with Crippen LogP contribution in [0.2, 0.25) is 0 Å². The normalized spacial score (nSPS) is 14.7. The van der Waals surface area contributed by atoms with E-state index in [4.69, 9.17) is 0 Å². The van der Waals surface area contributed by atoms with Gasteiger partial charge in [-0.1, -0.05) is 0 Å². The Labute approximate surface area is 57.0 Å². The van der Waals surface area contributed by atoms with Gasteiger partial charge in [-0.2, -0.15) is 0 Å². The van der Waals surface area contributed by atoms with Crippen LogP contribution in [0.25, 0.3) is 0 Å². The summed E-state index contributed by atoms with van der Waals surface area (Å²) in [7, 11) is 0. The molecule has 0 aromatic heterocycles. The molecule has 1 rings (SSSR count). The second-order valence-electron chi connectivity index (χ2n) is 0.603. The van der Waals surface area contributed by atoms with Gasteiger partial charge in [-0.3, -0.25) is 0 Å². The van der Waals surface area contributed by atoms with Crippen molar-refractivity contribution in [3.8, 4) is 0 Å². The molecule has 1 heterocycles. The summed E-state index contributed by atoms with van der Waals surface area (Å²) >= 11 is 0. The first-order valence-corrected chi connectivity index (χ1v) is 1.23. The minimum absolute atomic E-state index is 0. The molecule has 5 heteroatoms. The van der Waals surface area contributed by atoms with Gasteiger partial charge >= 0.3 is 29.6 Å². The molecule has 0 aromatic rings. The average Bonchev–Trinajstić information content (AvgIpc) is 1.76. The molecule has 0 spiro atoms. The maximum atomic E-state index is 3.38. The number of hydrogen-bond acceptors (Lipinski definition) is 4. The Morgan fingerprint density at radius 3 is 1.67 bits per heavy atom.